The van der Waals surface area contributed by atoms with Gasteiger partial charge in [-0.2, -0.15) is 0 Å². The van der Waals surface area contributed by atoms with Crippen LogP contribution in [0.5, 0.6) is 5.75 Å². The molecule has 0 aliphatic carbocycles. The van der Waals surface area contributed by atoms with Crippen LogP contribution in [0.25, 0.3) is 0 Å². The summed E-state index contributed by atoms with van der Waals surface area (Å²) in [5, 5.41) is 20.5. The van der Waals surface area contributed by atoms with Gasteiger partial charge >= 0.3 is 0 Å². The molecule has 33 heavy (non-hydrogen) atoms. The molecule has 0 bridgehead atoms. The van der Waals surface area contributed by atoms with Crippen molar-refractivity contribution in [3.63, 3.8) is 0 Å². The second-order valence-corrected chi connectivity index (χ2v) is 8.56. The Morgan fingerprint density at radius 3 is 2.45 bits per heavy atom. The number of ether oxygens (including phenoxy) is 1. The van der Waals surface area contributed by atoms with E-state index in [2.05, 4.69) is 29.5 Å². The Hall–Kier alpha value is -3.19. The Morgan fingerprint density at radius 2 is 1.82 bits per heavy atom. The van der Waals surface area contributed by atoms with E-state index in [4.69, 9.17) is 4.74 Å². The van der Waals surface area contributed by atoms with Crippen molar-refractivity contribution in [3.05, 3.63) is 77.6 Å². The molecule has 2 N–H and O–H groups in total. The maximum absolute atomic E-state index is 13.1. The zero-order chi connectivity index (χ0) is 23.6. The van der Waals surface area contributed by atoms with Crippen molar-refractivity contribution in [2.45, 2.75) is 58.7 Å². The van der Waals surface area contributed by atoms with Crippen LogP contribution in [0.2, 0.25) is 0 Å². The summed E-state index contributed by atoms with van der Waals surface area (Å²) in [5.41, 5.74) is 2.39. The molecule has 3 aromatic rings. The molecular weight excluding hydrogens is 416 g/mol. The zero-order valence-electron chi connectivity index (χ0n) is 19.6. The van der Waals surface area contributed by atoms with E-state index in [-0.39, 0.29) is 24.5 Å². The fourth-order valence-electron chi connectivity index (χ4n) is 3.72. The molecule has 7 heteroatoms. The monoisotopic (exact) mass is 450 g/mol. The second-order valence-electron chi connectivity index (χ2n) is 8.56. The molecule has 1 aromatic heterocycles. The predicted octanol–water partition coefficient (Wildman–Crippen LogP) is 4.25. The van der Waals surface area contributed by atoms with Crippen molar-refractivity contribution in [1.29, 1.82) is 0 Å². The van der Waals surface area contributed by atoms with Crippen LogP contribution in [0.3, 0.4) is 0 Å². The summed E-state index contributed by atoms with van der Waals surface area (Å²) in [4.78, 5) is 13.1. The van der Waals surface area contributed by atoms with Crippen molar-refractivity contribution < 1.29 is 14.6 Å². The Morgan fingerprint density at radius 1 is 1.09 bits per heavy atom. The van der Waals surface area contributed by atoms with Crippen molar-refractivity contribution in [3.8, 4) is 5.75 Å². The number of carbonyl (C=O) groups excluding carboxylic acids is 1. The van der Waals surface area contributed by atoms with E-state index in [1.165, 1.54) is 0 Å². The third-order valence-electron chi connectivity index (χ3n) is 5.73. The molecule has 0 aliphatic heterocycles. The van der Waals surface area contributed by atoms with Crippen LogP contribution in [0.15, 0.2) is 60.8 Å². The van der Waals surface area contributed by atoms with Gasteiger partial charge in [-0.3, -0.25) is 4.79 Å². The molecule has 0 spiro atoms. The van der Waals surface area contributed by atoms with Crippen molar-refractivity contribution in [1.82, 2.24) is 20.3 Å². The zero-order valence-corrected chi connectivity index (χ0v) is 19.6. The molecule has 0 saturated heterocycles. The Balaban J connectivity index is 1.74. The lowest BCUT2D eigenvalue weighted by Crippen LogP contribution is -2.34. The number of aliphatic hydroxyl groups excluding tert-OH is 1. The first-order valence-electron chi connectivity index (χ1n) is 11.6. The largest absolute Gasteiger partial charge is 0.493 e. The van der Waals surface area contributed by atoms with E-state index in [9.17, 15) is 9.90 Å². The summed E-state index contributed by atoms with van der Waals surface area (Å²) < 4.78 is 7.57. The second kappa shape index (κ2) is 12.2. The molecule has 0 aliphatic rings. The summed E-state index contributed by atoms with van der Waals surface area (Å²) in [6.07, 6.45) is 3.97. The molecule has 3 atom stereocenters. The van der Waals surface area contributed by atoms with Crippen molar-refractivity contribution in [2.75, 3.05) is 6.61 Å². The van der Waals surface area contributed by atoms with Crippen molar-refractivity contribution >= 4 is 5.91 Å². The molecule has 3 rings (SSSR count). The van der Waals surface area contributed by atoms with Crippen LogP contribution in [0.1, 0.15) is 62.4 Å². The summed E-state index contributed by atoms with van der Waals surface area (Å²) in [5.74, 6) is 0.963. The molecule has 176 valence electrons. The summed E-state index contributed by atoms with van der Waals surface area (Å²) in [6, 6.07) is 17.2. The maximum Gasteiger partial charge on any atom is 0.227 e. The molecule has 7 nitrogen and oxygen atoms in total. The minimum absolute atomic E-state index is 0.0672. The summed E-state index contributed by atoms with van der Waals surface area (Å²) >= 11 is 0. The highest BCUT2D eigenvalue weighted by Gasteiger charge is 2.21. The summed E-state index contributed by atoms with van der Waals surface area (Å²) in [6.45, 7) is 7.17. The number of benzene rings is 2. The molecular formula is C26H34N4O3. The molecule has 0 radical (unpaired) electrons. The molecule has 2 aromatic carbocycles. The lowest BCUT2D eigenvalue weighted by molar-refractivity contribution is -0.123. The molecule has 0 unspecified atom stereocenters. The number of rotatable bonds is 12. The first-order valence-corrected chi connectivity index (χ1v) is 11.6. The van der Waals surface area contributed by atoms with Gasteiger partial charge in [-0.1, -0.05) is 67.9 Å². The number of hydrogen-bond acceptors (Lipinski definition) is 5. The number of aromatic nitrogens is 3. The minimum Gasteiger partial charge on any atom is -0.493 e. The standard InChI is InChI=1S/C26H34N4O3/c1-4-8-19(2)18-33-24-13-11-22(12-14-24)25(16-30-15-23(17-31)28-29-30)27-26(32)20(3)21-9-6-5-7-10-21/h5-7,9-15,19-20,25,31H,4,8,16-18H2,1-3H3,(H,27,32)/t19-,20-,25-/m0/s1. The Bertz CT molecular complexity index is 988. The number of hydrogen-bond donors (Lipinski definition) is 2. The first-order chi connectivity index (χ1) is 16.0. The van der Waals surface area contributed by atoms with Crippen LogP contribution in [0.4, 0.5) is 0 Å². The molecule has 0 fully saturated rings. The van der Waals surface area contributed by atoms with Crippen LogP contribution in [0, 0.1) is 5.92 Å². The van der Waals surface area contributed by atoms with Gasteiger partial charge in [0, 0.05) is 0 Å². The van der Waals surface area contributed by atoms with Gasteiger partial charge in [0.05, 0.1) is 37.9 Å². The molecule has 0 saturated carbocycles. The molecule has 1 amide bonds. The normalized spacial score (nSPS) is 13.8. The van der Waals surface area contributed by atoms with E-state index in [1.54, 1.807) is 10.9 Å². The van der Waals surface area contributed by atoms with Gasteiger partial charge in [0.1, 0.15) is 11.4 Å². The van der Waals surface area contributed by atoms with E-state index in [1.807, 2.05) is 61.5 Å². The van der Waals surface area contributed by atoms with E-state index in [0.29, 0.717) is 24.8 Å². The number of amides is 1. The van der Waals surface area contributed by atoms with Crippen LogP contribution in [-0.4, -0.2) is 32.6 Å². The highest BCUT2D eigenvalue weighted by atomic mass is 16.5. The average Bonchev–Trinajstić information content (AvgIpc) is 3.30. The third kappa shape index (κ3) is 7.15. The van der Waals surface area contributed by atoms with Gasteiger partial charge in [-0.25, -0.2) is 4.68 Å². The number of nitrogens with one attached hydrogen (secondary N) is 1. The molecule has 1 heterocycles. The average molecular weight is 451 g/mol. The Kier molecular flexibility index (Phi) is 9.01. The number of nitrogens with zero attached hydrogens (tertiary/aromatic N) is 3. The lowest BCUT2D eigenvalue weighted by atomic mass is 9.99. The van der Waals surface area contributed by atoms with Crippen molar-refractivity contribution in [2.24, 2.45) is 5.92 Å². The first kappa shape index (κ1) is 24.5. The van der Waals surface area contributed by atoms with Crippen LogP contribution in [-0.2, 0) is 17.9 Å². The quantitative estimate of drug-likeness (QED) is 0.431. The van der Waals surface area contributed by atoms with Crippen LogP contribution >= 0.6 is 0 Å². The van der Waals surface area contributed by atoms with Gasteiger partial charge in [-0.15, -0.1) is 5.10 Å². The SMILES string of the molecule is CCC[C@H](C)COc1ccc([C@H](Cn2cc(CO)nn2)NC(=O)[C@@H](C)c2ccccc2)cc1. The van der Waals surface area contributed by atoms with E-state index < -0.39 is 0 Å². The van der Waals surface area contributed by atoms with E-state index >= 15 is 0 Å². The van der Waals surface area contributed by atoms with Gasteiger partial charge in [-0.05, 0) is 42.5 Å². The summed E-state index contributed by atoms with van der Waals surface area (Å²) in [7, 11) is 0. The fraction of sp³-hybridized carbons (Fsp3) is 0.423. The van der Waals surface area contributed by atoms with Gasteiger partial charge in [0.25, 0.3) is 0 Å². The highest BCUT2D eigenvalue weighted by molar-refractivity contribution is 5.83. The number of carbonyl (C=O) groups is 1. The van der Waals surface area contributed by atoms with Gasteiger partial charge < -0.3 is 15.2 Å². The fourth-order valence-corrected chi connectivity index (χ4v) is 3.72. The third-order valence-corrected chi connectivity index (χ3v) is 5.73. The number of aliphatic hydroxyl groups is 1. The van der Waals surface area contributed by atoms with Gasteiger partial charge in [0.15, 0.2) is 0 Å². The maximum atomic E-state index is 13.1. The topological polar surface area (TPSA) is 89.3 Å². The predicted molar refractivity (Wildman–Crippen MR) is 128 cm³/mol. The minimum atomic E-state index is -0.315. The Labute approximate surface area is 195 Å². The lowest BCUT2D eigenvalue weighted by Gasteiger charge is -2.22. The highest BCUT2D eigenvalue weighted by Crippen LogP contribution is 2.23. The van der Waals surface area contributed by atoms with Crippen LogP contribution < -0.4 is 10.1 Å². The van der Waals surface area contributed by atoms with E-state index in [0.717, 1.165) is 29.7 Å². The van der Waals surface area contributed by atoms with Gasteiger partial charge in [0.2, 0.25) is 5.91 Å². The smallest absolute Gasteiger partial charge is 0.227 e.